The van der Waals surface area contributed by atoms with Gasteiger partial charge in [-0.05, 0) is 54.3 Å². The van der Waals surface area contributed by atoms with E-state index < -0.39 is 34.3 Å². The molecule has 0 bridgehead atoms. The average molecular weight is 634 g/mol. The molecule has 3 aromatic carbocycles. The third-order valence-electron chi connectivity index (χ3n) is 8.88. The molecule has 2 amide bonds. The molecule has 1 aliphatic carbocycles. The van der Waals surface area contributed by atoms with Crippen LogP contribution in [0.5, 0.6) is 11.5 Å². The van der Waals surface area contributed by atoms with Crippen LogP contribution in [0.2, 0.25) is 0 Å². The van der Waals surface area contributed by atoms with E-state index in [1.807, 2.05) is 6.07 Å². The van der Waals surface area contributed by atoms with E-state index in [2.05, 4.69) is 5.32 Å². The lowest BCUT2D eigenvalue weighted by Gasteiger charge is -2.41. The number of carbonyl (C=O) groups is 3. The van der Waals surface area contributed by atoms with E-state index in [1.165, 1.54) is 23.9 Å². The fourth-order valence-corrected chi connectivity index (χ4v) is 8.11. The molecule has 7 N–H and O–H groups in total. The van der Waals surface area contributed by atoms with Crippen LogP contribution in [0.25, 0.3) is 0 Å². The Morgan fingerprint density at radius 2 is 1.87 bits per heavy atom. The summed E-state index contributed by atoms with van der Waals surface area (Å²) in [7, 11) is 1.55. The van der Waals surface area contributed by atoms with E-state index in [9.17, 15) is 14.4 Å². The van der Waals surface area contributed by atoms with E-state index in [0.717, 1.165) is 6.42 Å². The van der Waals surface area contributed by atoms with Crippen molar-refractivity contribution in [2.75, 3.05) is 32.5 Å². The molecule has 45 heavy (non-hydrogen) atoms. The van der Waals surface area contributed by atoms with Gasteiger partial charge < -0.3 is 36.9 Å². The number of nitrogens with one attached hydrogen (secondary N) is 1. The number of thioether (sulfide) groups is 1. The van der Waals surface area contributed by atoms with Gasteiger partial charge in [-0.25, -0.2) is 4.39 Å². The van der Waals surface area contributed by atoms with Gasteiger partial charge in [0.05, 0.1) is 24.3 Å². The number of anilines is 1. The molecule has 0 radical (unpaired) electrons. The number of para-hydroxylation sites is 1. The third kappa shape index (κ3) is 5.56. The van der Waals surface area contributed by atoms with Crippen LogP contribution in [0.4, 0.5) is 10.1 Å². The molecule has 1 fully saturated rings. The van der Waals surface area contributed by atoms with Crippen LogP contribution >= 0.6 is 11.8 Å². The minimum absolute atomic E-state index is 0.0260. The molecule has 5 atom stereocenters. The Hall–Kier alpha value is -3.97. The van der Waals surface area contributed by atoms with Gasteiger partial charge in [0.1, 0.15) is 22.9 Å². The van der Waals surface area contributed by atoms with Crippen molar-refractivity contribution in [1.29, 1.82) is 0 Å². The SMILES string of the molecule is COCCC(=O)N1CCCC(NC(=O)C2Sc3c(N)ccc4c3C2C(N)C(=O)C4(N)c2ccc(Oc3ccccc3)cc2F)C1. The molecule has 2 aliphatic heterocycles. The largest absolute Gasteiger partial charge is 0.457 e. The molecule has 0 saturated carbocycles. The van der Waals surface area contributed by atoms with E-state index >= 15 is 4.39 Å². The fourth-order valence-electron chi connectivity index (χ4n) is 6.65. The Kier molecular flexibility index (Phi) is 8.57. The van der Waals surface area contributed by atoms with Gasteiger partial charge in [-0.1, -0.05) is 24.3 Å². The number of Topliss-reactive ketones (excluding diaryl/α,β-unsaturated/α-hetero) is 1. The van der Waals surface area contributed by atoms with E-state index in [0.29, 0.717) is 53.6 Å². The van der Waals surface area contributed by atoms with Gasteiger partial charge in [0.25, 0.3) is 0 Å². The van der Waals surface area contributed by atoms with Crippen LogP contribution in [0.1, 0.15) is 41.9 Å². The Balaban J connectivity index is 1.28. The van der Waals surface area contributed by atoms with Crippen molar-refractivity contribution < 1.29 is 28.2 Å². The van der Waals surface area contributed by atoms with Crippen LogP contribution in [0.15, 0.2) is 65.6 Å². The quantitative estimate of drug-likeness (QED) is 0.273. The number of rotatable bonds is 8. The van der Waals surface area contributed by atoms with Crippen LogP contribution in [-0.4, -0.2) is 66.6 Å². The number of piperidine rings is 1. The number of ketones is 1. The molecular weight excluding hydrogens is 597 g/mol. The average Bonchev–Trinajstić information content (AvgIpc) is 3.45. The summed E-state index contributed by atoms with van der Waals surface area (Å²) in [6.07, 6.45) is 1.73. The number of halogens is 1. The highest BCUT2D eigenvalue weighted by molar-refractivity contribution is 8.01. The molecule has 12 heteroatoms. The predicted octanol–water partition coefficient (Wildman–Crippen LogP) is 3.01. The van der Waals surface area contributed by atoms with Crippen molar-refractivity contribution in [2.24, 2.45) is 11.5 Å². The molecule has 236 valence electrons. The Bertz CT molecular complexity index is 1640. The molecule has 1 saturated heterocycles. The molecule has 3 aromatic rings. The summed E-state index contributed by atoms with van der Waals surface area (Å²) < 4.78 is 26.6. The maximum absolute atomic E-state index is 15.8. The van der Waals surface area contributed by atoms with Gasteiger partial charge >= 0.3 is 0 Å². The summed E-state index contributed by atoms with van der Waals surface area (Å²) in [4.78, 5) is 42.8. The van der Waals surface area contributed by atoms with Crippen molar-refractivity contribution in [3.8, 4) is 11.5 Å². The Morgan fingerprint density at radius 1 is 1.11 bits per heavy atom. The van der Waals surface area contributed by atoms with Gasteiger partial charge in [0, 0.05) is 54.4 Å². The topological polar surface area (TPSA) is 163 Å². The maximum Gasteiger partial charge on any atom is 0.234 e. The highest BCUT2D eigenvalue weighted by atomic mass is 32.2. The number of nitrogens with two attached hydrogens (primary N) is 3. The zero-order valence-corrected chi connectivity index (χ0v) is 25.6. The molecule has 0 aromatic heterocycles. The predicted molar refractivity (Wildman–Crippen MR) is 168 cm³/mol. The first-order valence-electron chi connectivity index (χ1n) is 14.9. The van der Waals surface area contributed by atoms with E-state index in [4.69, 9.17) is 26.7 Å². The van der Waals surface area contributed by atoms with Crippen LogP contribution in [0, 0.1) is 5.82 Å². The van der Waals surface area contributed by atoms with Crippen molar-refractivity contribution in [3.05, 3.63) is 83.2 Å². The zero-order valence-electron chi connectivity index (χ0n) is 24.8. The number of nitrogen functional groups attached to an aromatic ring is 1. The minimum Gasteiger partial charge on any atom is -0.457 e. The lowest BCUT2D eigenvalue weighted by Crippen LogP contribution is -2.61. The van der Waals surface area contributed by atoms with Gasteiger partial charge in [-0.3, -0.25) is 14.4 Å². The number of likely N-dealkylation sites (tertiary alicyclic amines) is 1. The second kappa shape index (κ2) is 12.4. The molecule has 0 spiro atoms. The van der Waals surface area contributed by atoms with Crippen molar-refractivity contribution in [2.45, 2.75) is 52.9 Å². The first kappa shape index (κ1) is 31.0. The standard InChI is InChI=1S/C33H36FN5O5S/c1-43-15-13-25(40)39-14-5-6-18(17-39)38-32(42)30-27-26-22(11-12-24(35)29(26)45-30)33(37,31(41)28(27)36)21-10-9-20(16-23(21)34)44-19-7-3-2-4-8-19/h2-4,7-12,16,18,27-28,30H,5-6,13-15,17,35-37H2,1H3,(H,38,42). The lowest BCUT2D eigenvalue weighted by molar-refractivity contribution is -0.134. The normalized spacial score (nSPS) is 25.5. The molecule has 10 nitrogen and oxygen atoms in total. The van der Waals surface area contributed by atoms with Crippen molar-refractivity contribution in [3.63, 3.8) is 0 Å². The number of nitrogens with zero attached hydrogens (tertiary/aromatic N) is 1. The number of methoxy groups -OCH3 is 1. The summed E-state index contributed by atoms with van der Waals surface area (Å²) in [5, 5.41) is 2.32. The molecular formula is C33H36FN5O5S. The fraction of sp³-hybridized carbons (Fsp3) is 0.364. The number of ether oxygens (including phenoxy) is 2. The maximum atomic E-state index is 15.8. The van der Waals surface area contributed by atoms with E-state index in [-0.39, 0.29) is 35.6 Å². The highest BCUT2D eigenvalue weighted by Crippen LogP contribution is 2.56. The van der Waals surface area contributed by atoms with E-state index in [1.54, 1.807) is 54.5 Å². The highest BCUT2D eigenvalue weighted by Gasteiger charge is 2.57. The number of benzene rings is 3. The second-order valence-corrected chi connectivity index (χ2v) is 12.8. The number of hydrogen-bond donors (Lipinski definition) is 4. The molecule has 2 heterocycles. The van der Waals surface area contributed by atoms with Gasteiger partial charge in [0.2, 0.25) is 11.8 Å². The summed E-state index contributed by atoms with van der Waals surface area (Å²) >= 11 is 1.24. The van der Waals surface area contributed by atoms with Gasteiger partial charge in [-0.15, -0.1) is 11.8 Å². The minimum atomic E-state index is -1.92. The second-order valence-electron chi connectivity index (χ2n) is 11.7. The monoisotopic (exact) mass is 633 g/mol. The summed E-state index contributed by atoms with van der Waals surface area (Å²) in [5.74, 6) is -1.60. The van der Waals surface area contributed by atoms with Gasteiger partial charge in [-0.2, -0.15) is 0 Å². The lowest BCUT2D eigenvalue weighted by atomic mass is 9.65. The first-order chi connectivity index (χ1) is 21.6. The summed E-state index contributed by atoms with van der Waals surface area (Å²) in [6, 6.07) is 14.9. The molecule has 6 rings (SSSR count). The summed E-state index contributed by atoms with van der Waals surface area (Å²) in [5.41, 5.74) is 19.3. The van der Waals surface area contributed by atoms with Crippen molar-refractivity contribution >= 4 is 35.0 Å². The first-order valence-corrected chi connectivity index (χ1v) is 15.8. The molecule has 5 unspecified atom stereocenters. The van der Waals surface area contributed by atoms with Crippen molar-refractivity contribution in [1.82, 2.24) is 10.2 Å². The van der Waals surface area contributed by atoms with Gasteiger partial charge in [0.15, 0.2) is 5.78 Å². The zero-order chi connectivity index (χ0) is 31.9. The smallest absolute Gasteiger partial charge is 0.234 e. The third-order valence-corrected chi connectivity index (χ3v) is 10.3. The number of hydrogen-bond acceptors (Lipinski definition) is 9. The summed E-state index contributed by atoms with van der Waals surface area (Å²) in [6.45, 7) is 1.34. The number of carbonyl (C=O) groups excluding carboxylic acids is 3. The Morgan fingerprint density at radius 3 is 2.60 bits per heavy atom. The van der Waals surface area contributed by atoms with Crippen LogP contribution < -0.4 is 27.3 Å². The number of amides is 2. The van der Waals surface area contributed by atoms with Crippen LogP contribution in [0.3, 0.4) is 0 Å². The molecule has 3 aliphatic rings. The van der Waals surface area contributed by atoms with Crippen LogP contribution in [-0.2, 0) is 24.7 Å². The Labute approximate surface area is 264 Å².